The number of nitrogens with one attached hydrogen (secondary N) is 1. The highest BCUT2D eigenvalue weighted by Gasteiger charge is 2.13. The Labute approximate surface area is 137 Å². The molecule has 0 bridgehead atoms. The first-order valence-corrected chi connectivity index (χ1v) is 8.46. The molecule has 114 valence electrons. The van der Waals surface area contributed by atoms with Gasteiger partial charge in [0.15, 0.2) is 0 Å². The van der Waals surface area contributed by atoms with E-state index < -0.39 is 0 Å². The first-order valence-electron chi connectivity index (χ1n) is 8.46. The quantitative estimate of drug-likeness (QED) is 0.453. The number of aromatic amines is 1. The molecule has 1 nitrogen and oxygen atoms in total. The molecule has 0 fully saturated rings. The van der Waals surface area contributed by atoms with Gasteiger partial charge in [0, 0.05) is 21.9 Å². The van der Waals surface area contributed by atoms with E-state index in [-0.39, 0.29) is 0 Å². The maximum absolute atomic E-state index is 3.66. The minimum absolute atomic E-state index is 1.13. The van der Waals surface area contributed by atoms with Crippen molar-refractivity contribution in [2.45, 2.75) is 26.2 Å². The second-order valence-electron chi connectivity index (χ2n) is 6.16. The van der Waals surface area contributed by atoms with Crippen LogP contribution in [0.25, 0.3) is 32.9 Å². The van der Waals surface area contributed by atoms with Crippen LogP contribution in [0.15, 0.2) is 66.7 Å². The van der Waals surface area contributed by atoms with E-state index in [1.807, 2.05) is 0 Å². The van der Waals surface area contributed by atoms with E-state index in [2.05, 4.69) is 78.6 Å². The fourth-order valence-electron chi connectivity index (χ4n) is 3.47. The van der Waals surface area contributed by atoms with Crippen molar-refractivity contribution in [2.75, 3.05) is 0 Å². The summed E-state index contributed by atoms with van der Waals surface area (Å²) < 4.78 is 0. The van der Waals surface area contributed by atoms with Gasteiger partial charge >= 0.3 is 0 Å². The molecule has 0 spiro atoms. The Balaban J connectivity index is 2.04. The zero-order valence-electron chi connectivity index (χ0n) is 13.5. The van der Waals surface area contributed by atoms with E-state index in [9.17, 15) is 0 Å². The first-order chi connectivity index (χ1) is 11.4. The van der Waals surface area contributed by atoms with Crippen LogP contribution in [0.2, 0.25) is 0 Å². The predicted molar refractivity (Wildman–Crippen MR) is 99.9 cm³/mol. The normalized spacial score (nSPS) is 11.3. The Morgan fingerprint density at radius 3 is 2.39 bits per heavy atom. The minimum atomic E-state index is 1.13. The van der Waals surface area contributed by atoms with E-state index in [0.29, 0.717) is 0 Å². The minimum Gasteiger partial charge on any atom is -0.354 e. The molecule has 0 atom stereocenters. The number of fused-ring (bicyclic) bond motifs is 3. The Morgan fingerprint density at radius 2 is 1.57 bits per heavy atom. The number of unbranched alkanes of at least 4 members (excludes halogenated alkanes) is 1. The Morgan fingerprint density at radius 1 is 0.783 bits per heavy atom. The summed E-state index contributed by atoms with van der Waals surface area (Å²) in [5.41, 5.74) is 6.60. The topological polar surface area (TPSA) is 15.8 Å². The first kappa shape index (κ1) is 14.1. The molecule has 0 unspecified atom stereocenters. The standard InChI is InChI=1S/C22H21N/c1-2-3-9-17-14-15-19-18-12-7-8-13-20(18)23-22(19)21(17)16-10-5-4-6-11-16/h4-8,10-15,23H,2-3,9H2,1H3. The van der Waals surface area contributed by atoms with E-state index in [1.54, 1.807) is 0 Å². The summed E-state index contributed by atoms with van der Waals surface area (Å²) in [4.78, 5) is 3.66. The van der Waals surface area contributed by atoms with E-state index in [1.165, 1.54) is 51.3 Å². The molecule has 0 saturated carbocycles. The summed E-state index contributed by atoms with van der Waals surface area (Å²) in [6.07, 6.45) is 3.58. The van der Waals surface area contributed by atoms with Crippen molar-refractivity contribution in [3.05, 3.63) is 72.3 Å². The van der Waals surface area contributed by atoms with Gasteiger partial charge in [-0.2, -0.15) is 0 Å². The van der Waals surface area contributed by atoms with Crippen molar-refractivity contribution in [3.8, 4) is 11.1 Å². The number of H-pyrrole nitrogens is 1. The van der Waals surface area contributed by atoms with Crippen LogP contribution < -0.4 is 0 Å². The second-order valence-corrected chi connectivity index (χ2v) is 6.16. The molecule has 4 aromatic rings. The van der Waals surface area contributed by atoms with Gasteiger partial charge in [-0.1, -0.05) is 74.0 Å². The smallest absolute Gasteiger partial charge is 0.0547 e. The van der Waals surface area contributed by atoms with Gasteiger partial charge in [0.25, 0.3) is 0 Å². The zero-order valence-corrected chi connectivity index (χ0v) is 13.5. The van der Waals surface area contributed by atoms with Gasteiger partial charge in [0.2, 0.25) is 0 Å². The molecule has 0 saturated heterocycles. The lowest BCUT2D eigenvalue weighted by atomic mass is 9.93. The van der Waals surface area contributed by atoms with Gasteiger partial charge in [-0.25, -0.2) is 0 Å². The van der Waals surface area contributed by atoms with Crippen LogP contribution in [0.3, 0.4) is 0 Å². The van der Waals surface area contributed by atoms with Crippen LogP contribution in [0.4, 0.5) is 0 Å². The highest BCUT2D eigenvalue weighted by Crippen LogP contribution is 2.36. The SMILES string of the molecule is CCCCc1ccc2c([nH]c3ccccc32)c1-c1ccccc1. The van der Waals surface area contributed by atoms with Crippen LogP contribution in [0.1, 0.15) is 25.3 Å². The molecule has 0 radical (unpaired) electrons. The monoisotopic (exact) mass is 299 g/mol. The summed E-state index contributed by atoms with van der Waals surface area (Å²) in [6, 6.07) is 23.9. The summed E-state index contributed by atoms with van der Waals surface area (Å²) >= 11 is 0. The highest BCUT2D eigenvalue weighted by molar-refractivity contribution is 6.12. The van der Waals surface area contributed by atoms with Gasteiger partial charge in [0.1, 0.15) is 0 Å². The molecule has 0 aliphatic carbocycles. The molecule has 1 N–H and O–H groups in total. The van der Waals surface area contributed by atoms with Crippen LogP contribution in [-0.4, -0.2) is 4.98 Å². The maximum Gasteiger partial charge on any atom is 0.0547 e. The second kappa shape index (κ2) is 5.92. The average Bonchev–Trinajstić information content (AvgIpc) is 2.98. The molecule has 3 aromatic carbocycles. The molecule has 0 amide bonds. The van der Waals surface area contributed by atoms with Crippen LogP contribution in [-0.2, 0) is 6.42 Å². The average molecular weight is 299 g/mol. The predicted octanol–water partition coefficient (Wildman–Crippen LogP) is 6.33. The van der Waals surface area contributed by atoms with E-state index in [0.717, 1.165) is 6.42 Å². The fourth-order valence-corrected chi connectivity index (χ4v) is 3.47. The van der Waals surface area contributed by atoms with Crippen molar-refractivity contribution in [2.24, 2.45) is 0 Å². The van der Waals surface area contributed by atoms with Gasteiger partial charge < -0.3 is 4.98 Å². The summed E-state index contributed by atoms with van der Waals surface area (Å²) in [5, 5.41) is 2.63. The molecular weight excluding hydrogens is 278 g/mol. The highest BCUT2D eigenvalue weighted by atomic mass is 14.7. The molecule has 1 heteroatoms. The van der Waals surface area contributed by atoms with Gasteiger partial charge in [-0.3, -0.25) is 0 Å². The molecule has 1 heterocycles. The fraction of sp³-hybridized carbons (Fsp3) is 0.182. The van der Waals surface area contributed by atoms with Crippen molar-refractivity contribution in [1.29, 1.82) is 0 Å². The Bertz CT molecular complexity index is 948. The van der Waals surface area contributed by atoms with Crippen LogP contribution in [0.5, 0.6) is 0 Å². The third-order valence-electron chi connectivity index (χ3n) is 4.63. The van der Waals surface area contributed by atoms with Crippen molar-refractivity contribution in [3.63, 3.8) is 0 Å². The van der Waals surface area contributed by atoms with Gasteiger partial charge in [-0.05, 0) is 30.0 Å². The number of benzene rings is 3. The Hall–Kier alpha value is -2.54. The number of aromatic nitrogens is 1. The third kappa shape index (κ3) is 2.43. The number of para-hydroxylation sites is 1. The lowest BCUT2D eigenvalue weighted by Crippen LogP contribution is -1.92. The lowest BCUT2D eigenvalue weighted by Gasteiger charge is -2.11. The van der Waals surface area contributed by atoms with Crippen molar-refractivity contribution < 1.29 is 0 Å². The van der Waals surface area contributed by atoms with E-state index >= 15 is 0 Å². The molecule has 23 heavy (non-hydrogen) atoms. The van der Waals surface area contributed by atoms with Crippen LogP contribution in [0, 0.1) is 0 Å². The molecule has 0 aliphatic heterocycles. The summed E-state index contributed by atoms with van der Waals surface area (Å²) in [6.45, 7) is 2.25. The molecule has 0 aliphatic rings. The molecule has 4 rings (SSSR count). The third-order valence-corrected chi connectivity index (χ3v) is 4.63. The molecule has 1 aromatic heterocycles. The Kier molecular flexibility index (Phi) is 3.63. The largest absolute Gasteiger partial charge is 0.354 e. The van der Waals surface area contributed by atoms with Crippen molar-refractivity contribution in [1.82, 2.24) is 4.98 Å². The number of hydrogen-bond acceptors (Lipinski definition) is 0. The van der Waals surface area contributed by atoms with E-state index in [4.69, 9.17) is 0 Å². The zero-order chi connectivity index (χ0) is 15.6. The lowest BCUT2D eigenvalue weighted by molar-refractivity contribution is 0.797. The maximum atomic E-state index is 3.66. The van der Waals surface area contributed by atoms with Crippen LogP contribution >= 0.6 is 0 Å². The van der Waals surface area contributed by atoms with Gasteiger partial charge in [-0.15, -0.1) is 0 Å². The van der Waals surface area contributed by atoms with Gasteiger partial charge in [0.05, 0.1) is 5.52 Å². The number of hydrogen-bond donors (Lipinski definition) is 1. The molecular formula is C22H21N. The number of aryl methyl sites for hydroxylation is 1. The summed E-state index contributed by atoms with van der Waals surface area (Å²) in [5.74, 6) is 0. The van der Waals surface area contributed by atoms with Crippen molar-refractivity contribution >= 4 is 21.8 Å². The summed E-state index contributed by atoms with van der Waals surface area (Å²) in [7, 11) is 0. The number of rotatable bonds is 4.